The third-order valence-corrected chi connectivity index (χ3v) is 2.43. The minimum absolute atomic E-state index is 0.156. The third-order valence-electron chi connectivity index (χ3n) is 2.43. The lowest BCUT2D eigenvalue weighted by Crippen LogP contribution is -1.99. The maximum atomic E-state index is 11.9. The van der Waals surface area contributed by atoms with Crippen LogP contribution in [0.5, 0.6) is 17.2 Å². The average molecular weight is 220 g/mol. The highest BCUT2D eigenvalue weighted by Crippen LogP contribution is 2.40. The van der Waals surface area contributed by atoms with Crippen molar-refractivity contribution in [3.8, 4) is 17.2 Å². The summed E-state index contributed by atoms with van der Waals surface area (Å²) in [4.78, 5) is 11.9. The van der Waals surface area contributed by atoms with E-state index in [1.165, 1.54) is 7.11 Å². The van der Waals surface area contributed by atoms with Gasteiger partial charge in [0.15, 0.2) is 5.76 Å². The number of carbonyl (C=O) groups is 1. The quantitative estimate of drug-likeness (QED) is 0.716. The zero-order chi connectivity index (χ0) is 11.7. The predicted molar refractivity (Wildman–Crippen MR) is 58.3 cm³/mol. The number of hydrogen-bond acceptors (Lipinski definition) is 4. The van der Waals surface area contributed by atoms with E-state index < -0.39 is 0 Å². The van der Waals surface area contributed by atoms with Gasteiger partial charge in [-0.15, -0.1) is 0 Å². The summed E-state index contributed by atoms with van der Waals surface area (Å²) in [5.41, 5.74) is 0.455. The standard InChI is InChI=1S/C12H12O4/c1-4-8-12(13)11-9(15-3)5-7(14-2)6-10(11)16-8/h4-6H,1-3H3. The number of allylic oxidation sites excluding steroid dienone is 2. The number of Topliss-reactive ketones (excluding diaryl/α,β-unsaturated/α-hetero) is 1. The van der Waals surface area contributed by atoms with Crippen molar-refractivity contribution in [1.29, 1.82) is 0 Å². The van der Waals surface area contributed by atoms with Gasteiger partial charge >= 0.3 is 0 Å². The van der Waals surface area contributed by atoms with Crippen LogP contribution in [0.3, 0.4) is 0 Å². The van der Waals surface area contributed by atoms with Crippen LogP contribution in [0.2, 0.25) is 0 Å². The van der Waals surface area contributed by atoms with Gasteiger partial charge in [-0.25, -0.2) is 0 Å². The van der Waals surface area contributed by atoms with Crippen LogP contribution in [0.4, 0.5) is 0 Å². The molecule has 0 unspecified atom stereocenters. The number of fused-ring (bicyclic) bond motifs is 1. The van der Waals surface area contributed by atoms with E-state index in [1.54, 1.807) is 32.2 Å². The van der Waals surface area contributed by atoms with E-state index in [0.29, 0.717) is 28.6 Å². The number of ketones is 1. The van der Waals surface area contributed by atoms with Gasteiger partial charge in [0, 0.05) is 12.1 Å². The Hall–Kier alpha value is -1.97. The van der Waals surface area contributed by atoms with Crippen molar-refractivity contribution in [2.75, 3.05) is 14.2 Å². The molecule has 1 aromatic rings. The van der Waals surface area contributed by atoms with Crippen molar-refractivity contribution in [3.05, 3.63) is 29.5 Å². The molecule has 4 nitrogen and oxygen atoms in total. The molecule has 0 bridgehead atoms. The molecular weight excluding hydrogens is 208 g/mol. The van der Waals surface area contributed by atoms with E-state index in [-0.39, 0.29) is 5.78 Å². The van der Waals surface area contributed by atoms with E-state index in [2.05, 4.69) is 0 Å². The number of methoxy groups -OCH3 is 2. The summed E-state index contributed by atoms with van der Waals surface area (Å²) in [6, 6.07) is 3.34. The Morgan fingerprint density at radius 1 is 1.25 bits per heavy atom. The average Bonchev–Trinajstić information content (AvgIpc) is 2.65. The molecule has 0 saturated carbocycles. The number of rotatable bonds is 2. The van der Waals surface area contributed by atoms with Gasteiger partial charge in [-0.2, -0.15) is 0 Å². The van der Waals surface area contributed by atoms with Gasteiger partial charge in [0.1, 0.15) is 22.8 Å². The predicted octanol–water partition coefficient (Wildman–Crippen LogP) is 2.18. The Morgan fingerprint density at radius 3 is 2.56 bits per heavy atom. The molecule has 0 N–H and O–H groups in total. The van der Waals surface area contributed by atoms with E-state index in [4.69, 9.17) is 14.2 Å². The van der Waals surface area contributed by atoms with Crippen molar-refractivity contribution in [1.82, 2.24) is 0 Å². The highest BCUT2D eigenvalue weighted by atomic mass is 16.5. The summed E-state index contributed by atoms with van der Waals surface area (Å²) in [6.45, 7) is 1.75. The molecule has 0 spiro atoms. The van der Waals surface area contributed by atoms with Crippen molar-refractivity contribution in [3.63, 3.8) is 0 Å². The lowest BCUT2D eigenvalue weighted by Gasteiger charge is -2.07. The van der Waals surface area contributed by atoms with Gasteiger partial charge in [0.2, 0.25) is 5.78 Å². The summed E-state index contributed by atoms with van der Waals surface area (Å²) in [7, 11) is 3.06. The second kappa shape index (κ2) is 3.89. The molecule has 0 radical (unpaired) electrons. The van der Waals surface area contributed by atoms with Gasteiger partial charge in [-0.05, 0) is 13.0 Å². The van der Waals surface area contributed by atoms with Gasteiger partial charge < -0.3 is 14.2 Å². The molecule has 16 heavy (non-hydrogen) atoms. The normalized spacial score (nSPS) is 15.9. The molecule has 1 aromatic carbocycles. The molecule has 0 saturated heterocycles. The van der Waals surface area contributed by atoms with E-state index in [9.17, 15) is 4.79 Å². The Kier molecular flexibility index (Phi) is 2.56. The SMILES string of the molecule is CC=C1Oc2cc(OC)cc(OC)c2C1=O. The van der Waals surface area contributed by atoms with E-state index >= 15 is 0 Å². The van der Waals surface area contributed by atoms with Gasteiger partial charge in [0.25, 0.3) is 0 Å². The highest BCUT2D eigenvalue weighted by Gasteiger charge is 2.31. The van der Waals surface area contributed by atoms with Crippen LogP contribution in [0.15, 0.2) is 24.0 Å². The van der Waals surface area contributed by atoms with Crippen LogP contribution < -0.4 is 14.2 Å². The van der Waals surface area contributed by atoms with Gasteiger partial charge in [0.05, 0.1) is 14.2 Å². The van der Waals surface area contributed by atoms with E-state index in [0.717, 1.165) is 0 Å². The molecular formula is C12H12O4. The second-order valence-corrected chi connectivity index (χ2v) is 3.29. The van der Waals surface area contributed by atoms with Crippen LogP contribution in [0, 0.1) is 0 Å². The van der Waals surface area contributed by atoms with Gasteiger partial charge in [-0.3, -0.25) is 4.79 Å². The summed E-state index contributed by atoms with van der Waals surface area (Å²) < 4.78 is 15.7. The minimum Gasteiger partial charge on any atom is -0.496 e. The first kappa shape index (κ1) is 10.5. The molecule has 2 rings (SSSR count). The fourth-order valence-corrected chi connectivity index (χ4v) is 1.63. The molecule has 0 aliphatic carbocycles. The molecule has 0 fully saturated rings. The monoisotopic (exact) mass is 220 g/mol. The van der Waals surface area contributed by atoms with Crippen LogP contribution in [-0.4, -0.2) is 20.0 Å². The van der Waals surface area contributed by atoms with Crippen LogP contribution in [0.25, 0.3) is 0 Å². The molecule has 4 heteroatoms. The molecule has 1 aliphatic heterocycles. The van der Waals surface area contributed by atoms with Crippen LogP contribution in [-0.2, 0) is 0 Å². The van der Waals surface area contributed by atoms with E-state index in [1.807, 2.05) is 0 Å². The second-order valence-electron chi connectivity index (χ2n) is 3.29. The zero-order valence-corrected chi connectivity index (χ0v) is 9.37. The molecule has 0 amide bonds. The smallest absolute Gasteiger partial charge is 0.235 e. The first-order valence-electron chi connectivity index (χ1n) is 4.86. The largest absolute Gasteiger partial charge is 0.496 e. The fourth-order valence-electron chi connectivity index (χ4n) is 1.63. The van der Waals surface area contributed by atoms with Crippen molar-refractivity contribution >= 4 is 5.78 Å². The summed E-state index contributed by atoms with van der Waals surface area (Å²) >= 11 is 0. The minimum atomic E-state index is -0.156. The first-order valence-corrected chi connectivity index (χ1v) is 4.86. The number of carbonyl (C=O) groups excluding carboxylic acids is 1. The lowest BCUT2D eigenvalue weighted by molar-refractivity contribution is 0.101. The Labute approximate surface area is 93.4 Å². The van der Waals surface area contributed by atoms with Crippen molar-refractivity contribution in [2.45, 2.75) is 6.92 Å². The fraction of sp³-hybridized carbons (Fsp3) is 0.250. The number of benzene rings is 1. The van der Waals surface area contributed by atoms with Crippen LogP contribution in [0.1, 0.15) is 17.3 Å². The Morgan fingerprint density at radius 2 is 2.00 bits per heavy atom. The Bertz CT molecular complexity index is 474. The topological polar surface area (TPSA) is 44.8 Å². The molecule has 84 valence electrons. The Balaban J connectivity index is 2.60. The number of ether oxygens (including phenoxy) is 3. The first-order chi connectivity index (χ1) is 7.71. The van der Waals surface area contributed by atoms with Crippen molar-refractivity contribution in [2.24, 2.45) is 0 Å². The highest BCUT2D eigenvalue weighted by molar-refractivity contribution is 6.14. The van der Waals surface area contributed by atoms with Crippen molar-refractivity contribution < 1.29 is 19.0 Å². The molecule has 0 aromatic heterocycles. The lowest BCUT2D eigenvalue weighted by atomic mass is 10.1. The molecule has 1 heterocycles. The summed E-state index contributed by atoms with van der Waals surface area (Å²) in [6.07, 6.45) is 1.63. The molecule has 1 aliphatic rings. The maximum absolute atomic E-state index is 11.9. The van der Waals surface area contributed by atoms with Crippen LogP contribution >= 0.6 is 0 Å². The maximum Gasteiger partial charge on any atom is 0.235 e. The molecule has 0 atom stereocenters. The third kappa shape index (κ3) is 1.43. The number of hydrogen-bond donors (Lipinski definition) is 0. The van der Waals surface area contributed by atoms with Gasteiger partial charge in [-0.1, -0.05) is 0 Å². The summed E-state index contributed by atoms with van der Waals surface area (Å²) in [5.74, 6) is 1.71. The summed E-state index contributed by atoms with van der Waals surface area (Å²) in [5, 5.41) is 0. The zero-order valence-electron chi connectivity index (χ0n) is 9.37.